The Morgan fingerprint density at radius 1 is 0.857 bits per heavy atom. The van der Waals surface area contributed by atoms with Gasteiger partial charge in [0.1, 0.15) is 0 Å². The van der Waals surface area contributed by atoms with E-state index < -0.39 is 39.9 Å². The van der Waals surface area contributed by atoms with E-state index >= 15 is 0 Å². The van der Waals surface area contributed by atoms with E-state index in [2.05, 4.69) is 0 Å². The van der Waals surface area contributed by atoms with Gasteiger partial charge in [-0.25, -0.2) is 4.39 Å². The van der Waals surface area contributed by atoms with E-state index in [1.807, 2.05) is 0 Å². The first kappa shape index (κ1) is 18.5. The smallest absolute Gasteiger partial charge is 0.221 e. The van der Waals surface area contributed by atoms with Crippen molar-refractivity contribution in [1.82, 2.24) is 0 Å². The maximum atomic E-state index is 14.0. The van der Waals surface area contributed by atoms with Crippen molar-refractivity contribution in [3.05, 3.63) is 29.2 Å². The average Bonchev–Trinajstić information content (AvgIpc) is 2.22. The summed E-state index contributed by atoms with van der Waals surface area (Å²) in [6.45, 7) is 0. The first-order valence-electron chi connectivity index (χ1n) is 4.93. The summed E-state index contributed by atoms with van der Waals surface area (Å²) in [5.74, 6) is -6.73. The summed E-state index contributed by atoms with van der Waals surface area (Å²) in [4.78, 5) is 0. The molecule has 1 rings (SSSR count). The third-order valence-corrected chi connectivity index (χ3v) is 3.01. The first-order chi connectivity index (χ1) is 9.14. The summed E-state index contributed by atoms with van der Waals surface area (Å²) in [7, 11) is 0. The van der Waals surface area contributed by atoms with Gasteiger partial charge in [-0.1, -0.05) is 17.7 Å². The van der Waals surface area contributed by atoms with Crippen LogP contribution in [0.2, 0.25) is 0 Å². The second-order valence-electron chi connectivity index (χ2n) is 3.99. The fourth-order valence-electron chi connectivity index (χ4n) is 1.55. The van der Waals surface area contributed by atoms with Crippen LogP contribution in [0.15, 0.2) is 22.8 Å². The zero-order chi connectivity index (χ0) is 16.9. The topological polar surface area (TPSA) is 0 Å². The van der Waals surface area contributed by atoms with E-state index in [1.165, 1.54) is 0 Å². The summed E-state index contributed by atoms with van der Waals surface area (Å²) in [5, 5.41) is -2.27. The Labute approximate surface area is 122 Å². The highest BCUT2D eigenvalue weighted by Crippen LogP contribution is 2.57. The predicted molar refractivity (Wildman–Crippen MR) is 56.9 cm³/mol. The molecule has 11 heteroatoms. The minimum absolute atomic E-state index is 0.0214. The van der Waals surface area contributed by atoms with Crippen molar-refractivity contribution in [2.45, 2.75) is 29.3 Å². The zero-order valence-electron chi connectivity index (χ0n) is 9.47. The van der Waals surface area contributed by atoms with Gasteiger partial charge < -0.3 is 0 Å². The molecular weight excluding hydrogens is 362 g/mol. The molecule has 1 aliphatic carbocycles. The number of hydrogen-bond donors (Lipinski definition) is 0. The van der Waals surface area contributed by atoms with Crippen LogP contribution in [-0.2, 0) is 0 Å². The molecule has 1 aliphatic rings. The van der Waals surface area contributed by atoms with Crippen molar-refractivity contribution >= 4 is 23.2 Å². The molecule has 0 N–H and O–H groups in total. The molecule has 0 aromatic rings. The van der Waals surface area contributed by atoms with Crippen molar-refractivity contribution in [3.8, 4) is 0 Å². The van der Waals surface area contributed by atoms with Gasteiger partial charge in [-0.3, -0.25) is 0 Å². The van der Waals surface area contributed by atoms with Crippen LogP contribution < -0.4 is 0 Å². The SMILES string of the molecule is FC(F)(F)C(F)(F)C(F)(C1=CC(Cl)[CH]C(Cl)=C1)C(F)(F)F. The van der Waals surface area contributed by atoms with Crippen molar-refractivity contribution in [2.75, 3.05) is 0 Å². The molecule has 0 aliphatic heterocycles. The lowest BCUT2D eigenvalue weighted by Gasteiger charge is -2.37. The Bertz CT molecular complexity index is 474. The zero-order valence-corrected chi connectivity index (χ0v) is 11.0. The quantitative estimate of drug-likeness (QED) is 0.458. The van der Waals surface area contributed by atoms with E-state index in [9.17, 15) is 39.5 Å². The van der Waals surface area contributed by atoms with Crippen LogP contribution in [0.4, 0.5) is 39.5 Å². The highest BCUT2D eigenvalue weighted by atomic mass is 35.5. The van der Waals surface area contributed by atoms with Gasteiger partial charge in [0.25, 0.3) is 0 Å². The molecule has 0 spiro atoms. The van der Waals surface area contributed by atoms with Crippen LogP contribution in [0.25, 0.3) is 0 Å². The van der Waals surface area contributed by atoms with Crippen LogP contribution in [-0.4, -0.2) is 29.3 Å². The number of hydrogen-bond acceptors (Lipinski definition) is 0. The number of alkyl halides is 10. The molecule has 0 saturated heterocycles. The summed E-state index contributed by atoms with van der Waals surface area (Å²) >= 11 is 10.6. The molecule has 0 nitrogen and oxygen atoms in total. The van der Waals surface area contributed by atoms with Crippen molar-refractivity contribution in [2.24, 2.45) is 0 Å². The predicted octanol–water partition coefficient (Wildman–Crippen LogP) is 5.33. The number of halogens is 11. The molecule has 0 aromatic heterocycles. The fraction of sp³-hybridized carbons (Fsp3) is 0.500. The number of allylic oxidation sites excluding steroid dienone is 4. The Balaban J connectivity index is 3.58. The van der Waals surface area contributed by atoms with Crippen molar-refractivity contribution in [3.63, 3.8) is 0 Å². The highest BCUT2D eigenvalue weighted by molar-refractivity contribution is 6.33. The Kier molecular flexibility index (Phi) is 4.63. The largest absolute Gasteiger partial charge is 0.457 e. The van der Waals surface area contributed by atoms with E-state index in [4.69, 9.17) is 23.2 Å². The molecule has 1 radical (unpaired) electrons. The normalized spacial score (nSPS) is 24.2. The molecule has 2 atom stereocenters. The summed E-state index contributed by atoms with van der Waals surface area (Å²) < 4.78 is 115. The Hall–Kier alpha value is -0.570. The van der Waals surface area contributed by atoms with Gasteiger partial charge in [0, 0.05) is 17.0 Å². The Morgan fingerprint density at radius 3 is 1.67 bits per heavy atom. The van der Waals surface area contributed by atoms with Crippen LogP contribution in [0.5, 0.6) is 0 Å². The van der Waals surface area contributed by atoms with Crippen molar-refractivity contribution in [1.29, 1.82) is 0 Å². The molecule has 2 unspecified atom stereocenters. The van der Waals surface area contributed by atoms with Gasteiger partial charge in [-0.2, -0.15) is 35.1 Å². The summed E-state index contributed by atoms with van der Waals surface area (Å²) in [6.07, 6.45) is -12.4. The third-order valence-electron chi connectivity index (χ3n) is 2.53. The minimum Gasteiger partial charge on any atom is -0.221 e. The van der Waals surface area contributed by atoms with Crippen LogP contribution in [0.1, 0.15) is 0 Å². The van der Waals surface area contributed by atoms with Crippen LogP contribution >= 0.6 is 23.2 Å². The van der Waals surface area contributed by atoms with Gasteiger partial charge in [0.2, 0.25) is 0 Å². The summed E-state index contributed by atoms with van der Waals surface area (Å²) in [5.41, 5.74) is -8.02. The van der Waals surface area contributed by atoms with Gasteiger partial charge in [-0.15, -0.1) is 11.6 Å². The van der Waals surface area contributed by atoms with E-state index in [0.29, 0.717) is 0 Å². The van der Waals surface area contributed by atoms with Crippen molar-refractivity contribution < 1.29 is 39.5 Å². The first-order valence-corrected chi connectivity index (χ1v) is 5.74. The second kappa shape index (κ2) is 5.26. The molecule has 0 heterocycles. The lowest BCUT2D eigenvalue weighted by atomic mass is 9.84. The van der Waals surface area contributed by atoms with Gasteiger partial charge in [0.15, 0.2) is 0 Å². The summed E-state index contributed by atoms with van der Waals surface area (Å²) in [6, 6.07) is 0. The molecule has 0 bridgehead atoms. The van der Waals surface area contributed by atoms with E-state index in [1.54, 1.807) is 0 Å². The lowest BCUT2D eigenvalue weighted by molar-refractivity contribution is -0.371. The van der Waals surface area contributed by atoms with E-state index in [0.717, 1.165) is 6.42 Å². The molecule has 0 amide bonds. The fourth-order valence-corrected chi connectivity index (χ4v) is 2.14. The van der Waals surface area contributed by atoms with E-state index in [-0.39, 0.29) is 12.2 Å². The molecule has 0 aromatic carbocycles. The maximum absolute atomic E-state index is 14.0. The maximum Gasteiger partial charge on any atom is 0.457 e. The van der Waals surface area contributed by atoms with Crippen LogP contribution in [0.3, 0.4) is 0 Å². The van der Waals surface area contributed by atoms with Gasteiger partial charge in [-0.05, 0) is 6.08 Å². The van der Waals surface area contributed by atoms with Crippen LogP contribution in [0, 0.1) is 6.42 Å². The Morgan fingerprint density at radius 2 is 1.33 bits per heavy atom. The molecule has 21 heavy (non-hydrogen) atoms. The van der Waals surface area contributed by atoms with Gasteiger partial charge >= 0.3 is 23.9 Å². The molecule has 0 fully saturated rings. The monoisotopic (exact) mass is 365 g/mol. The van der Waals surface area contributed by atoms with Gasteiger partial charge in [0.05, 0.1) is 5.38 Å². The lowest BCUT2D eigenvalue weighted by Crippen LogP contribution is -2.63. The molecule has 121 valence electrons. The molecular formula is C10H4Cl2F9. The third kappa shape index (κ3) is 2.99. The second-order valence-corrected chi connectivity index (χ2v) is 4.93. The average molecular weight is 366 g/mol. The highest BCUT2D eigenvalue weighted by Gasteiger charge is 2.82. The minimum atomic E-state index is -6.78. The standard InChI is InChI=1S/C10H4Cl2F9/c11-5-1-4(2-6(12)3-5)7(13,9(16,17)18)8(14,15)10(19,20)21/h1-3,5H. The molecule has 0 saturated carbocycles. The number of rotatable bonds is 2.